The predicted molar refractivity (Wildman–Crippen MR) is 108 cm³/mol. The molecule has 2 aromatic heterocycles. The fraction of sp³-hybridized carbons (Fsp3) is 0.389. The molecule has 3 aromatic rings. The van der Waals surface area contributed by atoms with E-state index in [0.717, 1.165) is 10.1 Å². The Morgan fingerprint density at radius 1 is 1.25 bits per heavy atom. The van der Waals surface area contributed by atoms with Crippen LogP contribution >= 0.6 is 11.6 Å². The number of imidazole rings is 1. The molecule has 28 heavy (non-hydrogen) atoms. The average molecular weight is 408 g/mol. The minimum atomic E-state index is -0.455. The van der Waals surface area contributed by atoms with Crippen LogP contribution in [0.5, 0.6) is 5.75 Å². The number of nitrogens with zero attached hydrogens (tertiary/aromatic N) is 4. The van der Waals surface area contributed by atoms with E-state index in [2.05, 4.69) is 10.3 Å². The van der Waals surface area contributed by atoms with Gasteiger partial charge >= 0.3 is 5.69 Å². The zero-order valence-corrected chi connectivity index (χ0v) is 16.7. The Kier molecular flexibility index (Phi) is 5.76. The molecule has 0 atom stereocenters. The first-order valence-electron chi connectivity index (χ1n) is 8.72. The molecule has 0 aliphatic carbocycles. The van der Waals surface area contributed by atoms with Crippen molar-refractivity contribution in [2.75, 3.05) is 25.6 Å². The van der Waals surface area contributed by atoms with Gasteiger partial charge in [-0.2, -0.15) is 4.98 Å². The Bertz CT molecular complexity index is 1130. The molecule has 9 nitrogen and oxygen atoms in total. The minimum absolute atomic E-state index is 0.0230. The third kappa shape index (κ3) is 3.50. The smallest absolute Gasteiger partial charge is 0.332 e. The van der Waals surface area contributed by atoms with Crippen LogP contribution in [0, 0.1) is 0 Å². The Hall–Kier alpha value is -2.78. The van der Waals surface area contributed by atoms with E-state index in [-0.39, 0.29) is 24.3 Å². The summed E-state index contributed by atoms with van der Waals surface area (Å²) in [5, 5.41) is 12.7. The Morgan fingerprint density at radius 2 is 2.00 bits per heavy atom. The van der Waals surface area contributed by atoms with E-state index in [4.69, 9.17) is 21.4 Å². The SMILES string of the molecule is COc1ccc(Cl)c(Cn2c(NCCCO)nc3c2c(=O)n(C)c(=O)n3C)c1. The lowest BCUT2D eigenvalue weighted by Gasteiger charge is -2.13. The standard InChI is InChI=1S/C18H22ClN5O4/c1-22-15-14(16(26)23(2)18(22)27)24(17(21-15)20-7-4-8-25)10-11-9-12(28-3)5-6-13(11)19/h5-6,9,25H,4,7-8,10H2,1-3H3,(H,20,21). The highest BCUT2D eigenvalue weighted by Crippen LogP contribution is 2.25. The molecule has 2 heterocycles. The van der Waals surface area contributed by atoms with E-state index >= 15 is 0 Å². The minimum Gasteiger partial charge on any atom is -0.497 e. The molecule has 150 valence electrons. The molecule has 2 N–H and O–H groups in total. The summed E-state index contributed by atoms with van der Waals surface area (Å²) >= 11 is 6.35. The van der Waals surface area contributed by atoms with E-state index in [0.29, 0.717) is 29.7 Å². The van der Waals surface area contributed by atoms with Gasteiger partial charge in [0.15, 0.2) is 11.2 Å². The Morgan fingerprint density at radius 3 is 2.68 bits per heavy atom. The molecule has 0 radical (unpaired) electrons. The van der Waals surface area contributed by atoms with Gasteiger partial charge in [0.05, 0.1) is 13.7 Å². The molecule has 0 aliphatic rings. The van der Waals surface area contributed by atoms with E-state index < -0.39 is 11.2 Å². The van der Waals surface area contributed by atoms with Crippen molar-refractivity contribution in [3.63, 3.8) is 0 Å². The highest BCUT2D eigenvalue weighted by atomic mass is 35.5. The molecule has 0 unspecified atom stereocenters. The van der Waals surface area contributed by atoms with Gasteiger partial charge in [0, 0.05) is 32.3 Å². The zero-order chi connectivity index (χ0) is 20.4. The Balaban J connectivity index is 2.22. The highest BCUT2D eigenvalue weighted by molar-refractivity contribution is 6.31. The first-order chi connectivity index (χ1) is 13.4. The molecule has 3 rings (SSSR count). The molecule has 10 heteroatoms. The summed E-state index contributed by atoms with van der Waals surface area (Å²) in [6.07, 6.45) is 0.514. The summed E-state index contributed by atoms with van der Waals surface area (Å²) in [5.74, 6) is 1.06. The van der Waals surface area contributed by atoms with Crippen molar-refractivity contribution in [1.82, 2.24) is 18.7 Å². The van der Waals surface area contributed by atoms with Crippen molar-refractivity contribution in [3.05, 3.63) is 49.6 Å². The third-order valence-electron chi connectivity index (χ3n) is 4.55. The second-order valence-corrected chi connectivity index (χ2v) is 6.77. The largest absolute Gasteiger partial charge is 0.497 e. The van der Waals surface area contributed by atoms with Crippen LogP contribution in [-0.2, 0) is 20.6 Å². The van der Waals surface area contributed by atoms with Crippen LogP contribution in [0.25, 0.3) is 11.2 Å². The second-order valence-electron chi connectivity index (χ2n) is 6.36. The molecule has 0 spiro atoms. The second kappa shape index (κ2) is 8.07. The number of aliphatic hydroxyl groups excluding tert-OH is 1. The van der Waals surface area contributed by atoms with E-state index in [1.807, 2.05) is 0 Å². The number of nitrogens with one attached hydrogen (secondary N) is 1. The summed E-state index contributed by atoms with van der Waals surface area (Å²) in [4.78, 5) is 29.6. The van der Waals surface area contributed by atoms with Crippen LogP contribution in [0.4, 0.5) is 5.95 Å². The number of methoxy groups -OCH3 is 1. The zero-order valence-electron chi connectivity index (χ0n) is 15.9. The van der Waals surface area contributed by atoms with Gasteiger partial charge in [0.1, 0.15) is 5.75 Å². The fourth-order valence-corrected chi connectivity index (χ4v) is 3.16. The molecule has 1 aromatic carbocycles. The molecule has 0 amide bonds. The van der Waals surface area contributed by atoms with Crippen LogP contribution in [0.2, 0.25) is 5.02 Å². The lowest BCUT2D eigenvalue weighted by atomic mass is 10.2. The Labute approximate surface area is 165 Å². The normalized spacial score (nSPS) is 11.2. The predicted octanol–water partition coefficient (Wildman–Crippen LogP) is 0.938. The summed E-state index contributed by atoms with van der Waals surface area (Å²) < 4.78 is 9.33. The number of aryl methyl sites for hydroxylation is 1. The van der Waals surface area contributed by atoms with Crippen LogP contribution in [0.1, 0.15) is 12.0 Å². The molecular weight excluding hydrogens is 386 g/mol. The number of hydrogen-bond acceptors (Lipinski definition) is 6. The van der Waals surface area contributed by atoms with Crippen molar-refractivity contribution >= 4 is 28.7 Å². The summed E-state index contributed by atoms with van der Waals surface area (Å²) in [5.41, 5.74) is 0.401. The first-order valence-corrected chi connectivity index (χ1v) is 9.10. The van der Waals surface area contributed by atoms with Crippen LogP contribution in [-0.4, -0.2) is 44.1 Å². The topological polar surface area (TPSA) is 103 Å². The van der Waals surface area contributed by atoms with Gasteiger partial charge < -0.3 is 15.2 Å². The van der Waals surface area contributed by atoms with E-state index in [1.54, 1.807) is 36.9 Å². The highest BCUT2D eigenvalue weighted by Gasteiger charge is 2.20. The number of aromatic nitrogens is 4. The number of rotatable bonds is 7. The van der Waals surface area contributed by atoms with E-state index in [1.165, 1.54) is 11.6 Å². The number of benzene rings is 1. The maximum Gasteiger partial charge on any atom is 0.332 e. The average Bonchev–Trinajstić information content (AvgIpc) is 3.05. The van der Waals surface area contributed by atoms with Gasteiger partial charge in [-0.05, 0) is 30.2 Å². The van der Waals surface area contributed by atoms with E-state index in [9.17, 15) is 9.59 Å². The van der Waals surface area contributed by atoms with Gasteiger partial charge in [-0.1, -0.05) is 11.6 Å². The van der Waals surface area contributed by atoms with Crippen molar-refractivity contribution in [2.45, 2.75) is 13.0 Å². The number of halogens is 1. The molecule has 0 bridgehead atoms. The maximum absolute atomic E-state index is 12.8. The van der Waals surface area contributed by atoms with Crippen molar-refractivity contribution in [1.29, 1.82) is 0 Å². The van der Waals surface area contributed by atoms with Crippen molar-refractivity contribution in [3.8, 4) is 5.75 Å². The molecule has 0 saturated heterocycles. The fourth-order valence-electron chi connectivity index (χ4n) is 2.98. The lowest BCUT2D eigenvalue weighted by molar-refractivity contribution is 0.292. The maximum atomic E-state index is 12.8. The van der Waals surface area contributed by atoms with Gasteiger partial charge in [-0.3, -0.25) is 18.5 Å². The first kappa shape index (κ1) is 20.0. The van der Waals surface area contributed by atoms with Crippen molar-refractivity contribution < 1.29 is 9.84 Å². The third-order valence-corrected chi connectivity index (χ3v) is 4.92. The number of hydrogen-bond donors (Lipinski definition) is 2. The van der Waals surface area contributed by atoms with Gasteiger partial charge in [0.2, 0.25) is 5.95 Å². The van der Waals surface area contributed by atoms with Gasteiger partial charge in [-0.25, -0.2) is 4.79 Å². The van der Waals surface area contributed by atoms with Crippen LogP contribution < -0.4 is 21.3 Å². The number of fused-ring (bicyclic) bond motifs is 1. The number of aliphatic hydroxyl groups is 1. The van der Waals surface area contributed by atoms with Crippen LogP contribution in [0.15, 0.2) is 27.8 Å². The molecule has 0 fully saturated rings. The summed E-state index contributed by atoms with van der Waals surface area (Å²) in [6, 6.07) is 5.26. The van der Waals surface area contributed by atoms with Crippen LogP contribution in [0.3, 0.4) is 0 Å². The van der Waals surface area contributed by atoms with Crippen molar-refractivity contribution in [2.24, 2.45) is 14.1 Å². The number of anilines is 1. The lowest BCUT2D eigenvalue weighted by Crippen LogP contribution is -2.37. The monoisotopic (exact) mass is 407 g/mol. The summed E-state index contributed by atoms with van der Waals surface area (Å²) in [7, 11) is 4.56. The molecule has 0 aliphatic heterocycles. The van der Waals surface area contributed by atoms with Gasteiger partial charge in [0.25, 0.3) is 5.56 Å². The quantitative estimate of drug-likeness (QED) is 0.565. The molecular formula is C18H22ClN5O4. The molecule has 0 saturated carbocycles. The summed E-state index contributed by atoms with van der Waals surface area (Å²) in [6.45, 7) is 0.733. The number of ether oxygens (including phenoxy) is 1. The van der Waals surface area contributed by atoms with Gasteiger partial charge in [-0.15, -0.1) is 0 Å².